The molecule has 4 rings (SSSR count). The Bertz CT molecular complexity index is 936. The number of anilines is 2. The van der Waals surface area contributed by atoms with Crippen LogP contribution in [0.15, 0.2) is 30.6 Å². The minimum absolute atomic E-state index is 0.319. The minimum Gasteiger partial charge on any atom is -0.383 e. The van der Waals surface area contributed by atoms with Crippen LogP contribution in [-0.4, -0.2) is 39.4 Å². The van der Waals surface area contributed by atoms with E-state index in [1.165, 1.54) is 0 Å². The first-order valence-electron chi connectivity index (χ1n) is 8.83. The number of hydrogen-bond donors (Lipinski definition) is 2. The second-order valence-corrected chi connectivity index (χ2v) is 6.92. The van der Waals surface area contributed by atoms with E-state index in [0.29, 0.717) is 17.8 Å². The molecule has 3 N–H and O–H groups in total. The Hall–Kier alpha value is -2.80. The standard InChI is InChI=1S/C19H22N6O/c1-11(2)12-5-16(25-22-8-12)15-7-17-18(24-19(15)20)6-14(9-21-17)23-13-3-4-26-10-13/h5-9,11,13,23H,3-4,10H2,1-2H3,(H2,20,24). The van der Waals surface area contributed by atoms with Crippen LogP contribution in [0.4, 0.5) is 11.5 Å². The Balaban J connectivity index is 1.69. The van der Waals surface area contributed by atoms with Crippen molar-refractivity contribution in [1.82, 2.24) is 20.2 Å². The number of fused-ring (bicyclic) bond motifs is 1. The van der Waals surface area contributed by atoms with Crippen molar-refractivity contribution in [3.63, 3.8) is 0 Å². The lowest BCUT2D eigenvalue weighted by molar-refractivity contribution is 0.195. The zero-order valence-electron chi connectivity index (χ0n) is 14.9. The monoisotopic (exact) mass is 350 g/mol. The number of pyridine rings is 2. The molecule has 3 aromatic rings. The largest absolute Gasteiger partial charge is 0.383 e. The van der Waals surface area contributed by atoms with E-state index in [1.807, 2.05) is 24.4 Å². The van der Waals surface area contributed by atoms with Crippen LogP contribution in [0.3, 0.4) is 0 Å². The lowest BCUT2D eigenvalue weighted by atomic mass is 10.0. The fourth-order valence-corrected chi connectivity index (χ4v) is 3.06. The van der Waals surface area contributed by atoms with Gasteiger partial charge in [-0.2, -0.15) is 10.2 Å². The molecule has 1 saturated heterocycles. The van der Waals surface area contributed by atoms with E-state index in [9.17, 15) is 0 Å². The van der Waals surface area contributed by atoms with Gasteiger partial charge in [0.15, 0.2) is 0 Å². The van der Waals surface area contributed by atoms with Crippen LogP contribution in [0, 0.1) is 0 Å². The number of nitrogen functional groups attached to an aromatic ring is 1. The molecule has 26 heavy (non-hydrogen) atoms. The molecular formula is C19H22N6O. The molecule has 7 heteroatoms. The Morgan fingerprint density at radius 2 is 2.08 bits per heavy atom. The van der Waals surface area contributed by atoms with Crippen LogP contribution in [-0.2, 0) is 4.74 Å². The molecule has 1 fully saturated rings. The molecule has 0 saturated carbocycles. The van der Waals surface area contributed by atoms with Crippen LogP contribution >= 0.6 is 0 Å². The molecule has 0 aromatic carbocycles. The van der Waals surface area contributed by atoms with Crippen molar-refractivity contribution >= 4 is 22.5 Å². The maximum absolute atomic E-state index is 6.21. The van der Waals surface area contributed by atoms with Gasteiger partial charge in [-0.3, -0.25) is 4.98 Å². The predicted octanol–water partition coefficient (Wildman–Crippen LogP) is 2.99. The van der Waals surface area contributed by atoms with E-state index < -0.39 is 0 Å². The summed E-state index contributed by atoms with van der Waals surface area (Å²) in [7, 11) is 0. The summed E-state index contributed by atoms with van der Waals surface area (Å²) in [5.74, 6) is 0.793. The topological polar surface area (TPSA) is 98.8 Å². The van der Waals surface area contributed by atoms with Gasteiger partial charge in [-0.1, -0.05) is 13.8 Å². The van der Waals surface area contributed by atoms with Gasteiger partial charge in [-0.15, -0.1) is 0 Å². The third-order valence-corrected chi connectivity index (χ3v) is 4.61. The summed E-state index contributed by atoms with van der Waals surface area (Å²) in [6.07, 6.45) is 4.59. The zero-order chi connectivity index (χ0) is 18.1. The first kappa shape index (κ1) is 16.7. The molecule has 7 nitrogen and oxygen atoms in total. The van der Waals surface area contributed by atoms with Crippen molar-refractivity contribution in [2.24, 2.45) is 0 Å². The van der Waals surface area contributed by atoms with Crippen molar-refractivity contribution in [1.29, 1.82) is 0 Å². The normalized spacial score (nSPS) is 17.1. The summed E-state index contributed by atoms with van der Waals surface area (Å²) in [6, 6.07) is 6.22. The van der Waals surface area contributed by atoms with Crippen LogP contribution < -0.4 is 11.1 Å². The molecule has 1 unspecified atom stereocenters. The second kappa shape index (κ2) is 6.84. The second-order valence-electron chi connectivity index (χ2n) is 6.92. The van der Waals surface area contributed by atoms with Crippen molar-refractivity contribution < 1.29 is 4.74 Å². The van der Waals surface area contributed by atoms with E-state index in [4.69, 9.17) is 10.5 Å². The number of rotatable bonds is 4. The summed E-state index contributed by atoms with van der Waals surface area (Å²) < 4.78 is 5.40. The van der Waals surface area contributed by atoms with Gasteiger partial charge in [0.1, 0.15) is 5.82 Å². The highest BCUT2D eigenvalue weighted by molar-refractivity contribution is 5.86. The van der Waals surface area contributed by atoms with Crippen LogP contribution in [0.5, 0.6) is 0 Å². The zero-order valence-corrected chi connectivity index (χ0v) is 14.9. The van der Waals surface area contributed by atoms with E-state index >= 15 is 0 Å². The molecule has 1 aliphatic heterocycles. The SMILES string of the molecule is CC(C)c1cnnc(-c2cc3ncc(NC4CCOC4)cc3nc2N)c1. The molecular weight excluding hydrogens is 328 g/mol. The van der Waals surface area contributed by atoms with Crippen LogP contribution in [0.2, 0.25) is 0 Å². The Labute approximate surface area is 152 Å². The number of nitrogens with zero attached hydrogens (tertiary/aromatic N) is 4. The summed E-state index contributed by atoms with van der Waals surface area (Å²) in [5.41, 5.74) is 11.3. The summed E-state index contributed by atoms with van der Waals surface area (Å²) in [6.45, 7) is 5.75. The predicted molar refractivity (Wildman–Crippen MR) is 102 cm³/mol. The molecule has 0 aliphatic carbocycles. The summed E-state index contributed by atoms with van der Waals surface area (Å²) in [5, 5.41) is 11.7. The third kappa shape index (κ3) is 3.30. The molecule has 0 amide bonds. The highest BCUT2D eigenvalue weighted by atomic mass is 16.5. The van der Waals surface area contributed by atoms with Crippen molar-refractivity contribution in [3.05, 3.63) is 36.2 Å². The summed E-state index contributed by atoms with van der Waals surface area (Å²) in [4.78, 5) is 9.08. The maximum atomic E-state index is 6.21. The Kier molecular flexibility index (Phi) is 4.38. The average molecular weight is 350 g/mol. The van der Waals surface area contributed by atoms with Gasteiger partial charge in [-0.05, 0) is 36.1 Å². The third-order valence-electron chi connectivity index (χ3n) is 4.61. The van der Waals surface area contributed by atoms with E-state index in [1.54, 1.807) is 6.20 Å². The van der Waals surface area contributed by atoms with Gasteiger partial charge in [0.25, 0.3) is 0 Å². The molecule has 4 heterocycles. The van der Waals surface area contributed by atoms with Crippen LogP contribution in [0.25, 0.3) is 22.3 Å². The molecule has 1 atom stereocenters. The van der Waals surface area contributed by atoms with E-state index in [0.717, 1.165) is 53.2 Å². The smallest absolute Gasteiger partial charge is 0.133 e. The maximum Gasteiger partial charge on any atom is 0.133 e. The van der Waals surface area contributed by atoms with Gasteiger partial charge in [0, 0.05) is 12.2 Å². The number of aromatic nitrogens is 4. The van der Waals surface area contributed by atoms with Gasteiger partial charge in [-0.25, -0.2) is 4.98 Å². The minimum atomic E-state index is 0.319. The number of hydrogen-bond acceptors (Lipinski definition) is 7. The Morgan fingerprint density at radius 1 is 1.19 bits per heavy atom. The van der Waals surface area contributed by atoms with Crippen molar-refractivity contribution in [2.45, 2.75) is 32.2 Å². The fraction of sp³-hybridized carbons (Fsp3) is 0.368. The molecule has 0 spiro atoms. The molecule has 1 aliphatic rings. The lowest BCUT2D eigenvalue weighted by Crippen LogP contribution is -2.18. The fourth-order valence-electron chi connectivity index (χ4n) is 3.06. The van der Waals surface area contributed by atoms with Crippen molar-refractivity contribution in [2.75, 3.05) is 24.3 Å². The molecule has 3 aromatic heterocycles. The van der Waals surface area contributed by atoms with Gasteiger partial charge >= 0.3 is 0 Å². The number of ether oxygens (including phenoxy) is 1. The van der Waals surface area contributed by atoms with Crippen LogP contribution in [0.1, 0.15) is 31.7 Å². The molecule has 0 radical (unpaired) electrons. The highest BCUT2D eigenvalue weighted by Crippen LogP contribution is 2.28. The quantitative estimate of drug-likeness (QED) is 0.746. The average Bonchev–Trinajstić information content (AvgIpc) is 3.14. The van der Waals surface area contributed by atoms with Gasteiger partial charge < -0.3 is 15.8 Å². The van der Waals surface area contributed by atoms with E-state index in [2.05, 4.69) is 39.3 Å². The molecule has 134 valence electrons. The van der Waals surface area contributed by atoms with Gasteiger partial charge in [0.05, 0.1) is 47.5 Å². The highest BCUT2D eigenvalue weighted by Gasteiger charge is 2.16. The number of nitrogens with two attached hydrogens (primary N) is 1. The number of nitrogens with one attached hydrogen (secondary N) is 1. The van der Waals surface area contributed by atoms with Crippen molar-refractivity contribution in [3.8, 4) is 11.3 Å². The Morgan fingerprint density at radius 3 is 2.85 bits per heavy atom. The molecule has 0 bridgehead atoms. The first-order valence-corrected chi connectivity index (χ1v) is 8.83. The first-order chi connectivity index (χ1) is 12.6. The van der Waals surface area contributed by atoms with E-state index in [-0.39, 0.29) is 0 Å². The summed E-state index contributed by atoms with van der Waals surface area (Å²) >= 11 is 0. The lowest BCUT2D eigenvalue weighted by Gasteiger charge is -2.13. The van der Waals surface area contributed by atoms with Gasteiger partial charge in [0.2, 0.25) is 0 Å².